The average molecular weight is 388 g/mol. The van der Waals surface area contributed by atoms with Crippen molar-refractivity contribution >= 4 is 29.2 Å². The number of ether oxygens (including phenoxy) is 2. The molecule has 9 heteroatoms. The van der Waals surface area contributed by atoms with E-state index in [2.05, 4.69) is 10.1 Å². The van der Waals surface area contributed by atoms with Gasteiger partial charge in [0.1, 0.15) is 11.6 Å². The molecule has 0 bridgehead atoms. The maximum absolute atomic E-state index is 13.5. The molecular weight excluding hydrogens is 375 g/mol. The molecule has 0 saturated heterocycles. The topological polar surface area (TPSA) is 64.6 Å². The lowest BCUT2D eigenvalue weighted by molar-refractivity contribution is -0.123. The lowest BCUT2D eigenvalue weighted by atomic mass is 10.2. The monoisotopic (exact) mass is 387 g/mol. The highest BCUT2D eigenvalue weighted by Gasteiger charge is 2.21. The molecule has 0 heterocycles. The predicted molar refractivity (Wildman–Crippen MR) is 88.0 cm³/mol. The van der Waals surface area contributed by atoms with Gasteiger partial charge in [-0.25, -0.2) is 9.18 Å². The van der Waals surface area contributed by atoms with E-state index in [9.17, 15) is 22.8 Å². The molecule has 1 N–H and O–H groups in total. The zero-order chi connectivity index (χ0) is 19.3. The van der Waals surface area contributed by atoms with Crippen molar-refractivity contribution < 1.29 is 32.2 Å². The van der Waals surface area contributed by atoms with E-state index >= 15 is 0 Å². The zero-order valence-corrected chi connectivity index (χ0v) is 14.1. The Hall–Kier alpha value is -2.74. The van der Waals surface area contributed by atoms with Crippen molar-refractivity contribution in [3.8, 4) is 5.75 Å². The number of anilines is 1. The molecule has 0 aliphatic carbocycles. The van der Waals surface area contributed by atoms with Crippen molar-refractivity contribution in [3.63, 3.8) is 0 Å². The van der Waals surface area contributed by atoms with Gasteiger partial charge in [-0.3, -0.25) is 4.79 Å². The Balaban J connectivity index is 2.00. The Kier molecular flexibility index (Phi) is 6.46. The molecule has 26 heavy (non-hydrogen) atoms. The zero-order valence-electron chi connectivity index (χ0n) is 13.3. The summed E-state index contributed by atoms with van der Waals surface area (Å²) in [6.45, 7) is -1.74. The van der Waals surface area contributed by atoms with Gasteiger partial charge in [-0.2, -0.15) is 8.78 Å². The predicted octanol–water partition coefficient (Wildman–Crippen LogP) is 4.26. The van der Waals surface area contributed by atoms with Crippen LogP contribution in [0.15, 0.2) is 42.5 Å². The van der Waals surface area contributed by atoms with Gasteiger partial charge < -0.3 is 14.8 Å². The number of alkyl halides is 2. The Labute approximate surface area is 151 Å². The molecule has 1 amide bonds. The summed E-state index contributed by atoms with van der Waals surface area (Å²) in [6, 6.07) is 8.81. The number of benzene rings is 2. The number of esters is 1. The number of nitrogens with one attached hydrogen (secondary N) is 1. The summed E-state index contributed by atoms with van der Waals surface area (Å²) in [7, 11) is 0. The summed E-state index contributed by atoms with van der Waals surface area (Å²) in [4.78, 5) is 23.9. The van der Waals surface area contributed by atoms with Crippen molar-refractivity contribution in [2.45, 2.75) is 19.6 Å². The molecular formula is C17H13ClF3NO4. The second kappa shape index (κ2) is 8.57. The van der Waals surface area contributed by atoms with Gasteiger partial charge in [0.05, 0.1) is 10.6 Å². The third-order valence-electron chi connectivity index (χ3n) is 3.16. The van der Waals surface area contributed by atoms with E-state index in [1.54, 1.807) is 0 Å². The largest absolute Gasteiger partial charge is 0.449 e. The van der Waals surface area contributed by atoms with Gasteiger partial charge in [-0.1, -0.05) is 23.7 Å². The van der Waals surface area contributed by atoms with Crippen LogP contribution in [0.3, 0.4) is 0 Å². The molecule has 0 fully saturated rings. The van der Waals surface area contributed by atoms with Crippen LogP contribution in [0.5, 0.6) is 5.75 Å². The third-order valence-corrected chi connectivity index (χ3v) is 3.46. The Bertz CT molecular complexity index is 816. The Morgan fingerprint density at radius 3 is 2.46 bits per heavy atom. The minimum absolute atomic E-state index is 0.140. The van der Waals surface area contributed by atoms with Crippen LogP contribution in [0.1, 0.15) is 17.3 Å². The standard InChI is InChI=1S/C17H13ClF3NO4/c1-9(25-16(24)11-4-2-3-5-13(11)19)15(23)22-10-6-7-14(12(18)8-10)26-17(20)21/h2-9,17H,1H3,(H,22,23). The van der Waals surface area contributed by atoms with Crippen LogP contribution in [-0.2, 0) is 9.53 Å². The van der Waals surface area contributed by atoms with Gasteiger partial charge >= 0.3 is 12.6 Å². The Morgan fingerprint density at radius 2 is 1.85 bits per heavy atom. The first-order valence-corrected chi connectivity index (χ1v) is 7.66. The first-order chi connectivity index (χ1) is 12.3. The second-order valence-corrected chi connectivity index (χ2v) is 5.45. The molecule has 0 saturated carbocycles. The quantitative estimate of drug-likeness (QED) is 0.752. The summed E-state index contributed by atoms with van der Waals surface area (Å²) < 4.78 is 47.0. The average Bonchev–Trinajstić information content (AvgIpc) is 2.57. The summed E-state index contributed by atoms with van der Waals surface area (Å²) >= 11 is 5.78. The van der Waals surface area contributed by atoms with Crippen molar-refractivity contribution in [3.05, 3.63) is 58.9 Å². The molecule has 2 aromatic rings. The molecule has 5 nitrogen and oxygen atoms in total. The van der Waals surface area contributed by atoms with E-state index in [1.807, 2.05) is 0 Å². The molecule has 0 spiro atoms. The summed E-state index contributed by atoms with van der Waals surface area (Å²) in [5.41, 5.74) is -0.126. The van der Waals surface area contributed by atoms with Gasteiger partial charge in [-0.15, -0.1) is 0 Å². The minimum atomic E-state index is -3.04. The fraction of sp³-hybridized carbons (Fsp3) is 0.176. The van der Waals surface area contributed by atoms with Crippen molar-refractivity contribution in [2.75, 3.05) is 5.32 Å². The fourth-order valence-corrected chi connectivity index (χ4v) is 2.14. The molecule has 138 valence electrons. The molecule has 0 radical (unpaired) electrons. The lowest BCUT2D eigenvalue weighted by Gasteiger charge is -2.14. The number of halogens is 4. The van der Waals surface area contributed by atoms with E-state index in [1.165, 1.54) is 37.3 Å². The number of carbonyl (C=O) groups excluding carboxylic acids is 2. The maximum Gasteiger partial charge on any atom is 0.387 e. The van der Waals surface area contributed by atoms with Gasteiger partial charge in [0.2, 0.25) is 0 Å². The number of rotatable bonds is 6. The molecule has 0 aliphatic heterocycles. The van der Waals surface area contributed by atoms with Crippen LogP contribution in [0, 0.1) is 5.82 Å². The molecule has 2 rings (SSSR count). The SMILES string of the molecule is CC(OC(=O)c1ccccc1F)C(=O)Nc1ccc(OC(F)F)c(Cl)c1. The fourth-order valence-electron chi connectivity index (χ4n) is 1.92. The summed E-state index contributed by atoms with van der Waals surface area (Å²) in [5.74, 6) is -2.73. The van der Waals surface area contributed by atoms with Crippen LogP contribution in [0.2, 0.25) is 5.02 Å². The first kappa shape index (κ1) is 19.6. The molecule has 0 aromatic heterocycles. The highest BCUT2D eigenvalue weighted by molar-refractivity contribution is 6.32. The van der Waals surface area contributed by atoms with Crippen molar-refractivity contribution in [1.29, 1.82) is 0 Å². The summed E-state index contributed by atoms with van der Waals surface area (Å²) in [6.07, 6.45) is -1.24. The van der Waals surface area contributed by atoms with Gasteiger partial charge in [0.15, 0.2) is 6.10 Å². The summed E-state index contributed by atoms with van der Waals surface area (Å²) in [5, 5.41) is 2.26. The first-order valence-electron chi connectivity index (χ1n) is 7.28. The third kappa shape index (κ3) is 5.13. The van der Waals surface area contributed by atoms with Crippen LogP contribution < -0.4 is 10.1 Å². The number of hydrogen-bond donors (Lipinski definition) is 1. The number of carbonyl (C=O) groups is 2. The lowest BCUT2D eigenvalue weighted by Crippen LogP contribution is -2.30. The Morgan fingerprint density at radius 1 is 1.15 bits per heavy atom. The number of amides is 1. The van der Waals surface area contributed by atoms with E-state index in [0.717, 1.165) is 12.1 Å². The number of hydrogen-bond acceptors (Lipinski definition) is 4. The van der Waals surface area contributed by atoms with E-state index in [-0.39, 0.29) is 22.0 Å². The molecule has 1 atom stereocenters. The van der Waals surface area contributed by atoms with Gasteiger partial charge in [0.25, 0.3) is 5.91 Å². The highest BCUT2D eigenvalue weighted by atomic mass is 35.5. The van der Waals surface area contributed by atoms with Crippen LogP contribution in [-0.4, -0.2) is 24.6 Å². The van der Waals surface area contributed by atoms with Crippen molar-refractivity contribution in [2.24, 2.45) is 0 Å². The van der Waals surface area contributed by atoms with Gasteiger partial charge in [-0.05, 0) is 37.3 Å². The molecule has 0 aliphatic rings. The van der Waals surface area contributed by atoms with E-state index < -0.39 is 30.4 Å². The van der Waals surface area contributed by atoms with Gasteiger partial charge in [0, 0.05) is 5.69 Å². The van der Waals surface area contributed by atoms with Crippen molar-refractivity contribution in [1.82, 2.24) is 0 Å². The second-order valence-electron chi connectivity index (χ2n) is 5.04. The van der Waals surface area contributed by atoms with E-state index in [0.29, 0.717) is 0 Å². The van der Waals surface area contributed by atoms with Crippen LogP contribution >= 0.6 is 11.6 Å². The highest BCUT2D eigenvalue weighted by Crippen LogP contribution is 2.29. The normalized spacial score (nSPS) is 11.8. The molecule has 2 aromatic carbocycles. The molecule has 1 unspecified atom stereocenters. The maximum atomic E-state index is 13.5. The van der Waals surface area contributed by atoms with E-state index in [4.69, 9.17) is 16.3 Å². The minimum Gasteiger partial charge on any atom is -0.449 e. The van der Waals surface area contributed by atoms with Crippen LogP contribution in [0.25, 0.3) is 0 Å². The van der Waals surface area contributed by atoms with Crippen LogP contribution in [0.4, 0.5) is 18.9 Å². The smallest absolute Gasteiger partial charge is 0.387 e.